The Kier molecular flexibility index (Phi) is 6.53. The van der Waals surface area contributed by atoms with Crippen molar-refractivity contribution in [3.05, 3.63) is 64.7 Å². The largest absolute Gasteiger partial charge is 0.488 e. The summed E-state index contributed by atoms with van der Waals surface area (Å²) >= 11 is 5.91. The summed E-state index contributed by atoms with van der Waals surface area (Å²) in [5.41, 5.74) is 1.62. The van der Waals surface area contributed by atoms with Crippen LogP contribution in [0, 0.1) is 0 Å². The molecule has 1 aliphatic rings. The fraction of sp³-hybridized carbons (Fsp3) is 0.381. The normalized spacial score (nSPS) is 14.4. The van der Waals surface area contributed by atoms with Crippen LogP contribution in [-0.4, -0.2) is 48.9 Å². The molecule has 0 aromatic heterocycles. The zero-order valence-electron chi connectivity index (χ0n) is 15.2. The zero-order valence-corrected chi connectivity index (χ0v) is 15.9. The minimum Gasteiger partial charge on any atom is -0.488 e. The minimum absolute atomic E-state index is 0.00379. The number of hydrogen-bond acceptors (Lipinski definition) is 3. The molecule has 1 aliphatic heterocycles. The quantitative estimate of drug-likeness (QED) is 0.734. The fourth-order valence-electron chi connectivity index (χ4n) is 3.12. The van der Waals surface area contributed by atoms with Crippen LogP contribution >= 0.6 is 11.6 Å². The summed E-state index contributed by atoms with van der Waals surface area (Å²) in [5.74, 6) is 0.608. The van der Waals surface area contributed by atoms with Gasteiger partial charge in [-0.25, -0.2) is 0 Å². The molecule has 5 heteroatoms. The molecular formula is C21H25ClN2O2. The first kappa shape index (κ1) is 18.7. The van der Waals surface area contributed by atoms with Crippen LogP contribution in [0.25, 0.3) is 0 Å². The van der Waals surface area contributed by atoms with Crippen molar-refractivity contribution in [2.75, 3.05) is 33.2 Å². The maximum atomic E-state index is 12.8. The maximum absolute atomic E-state index is 12.8. The van der Waals surface area contributed by atoms with E-state index in [4.69, 9.17) is 16.3 Å². The summed E-state index contributed by atoms with van der Waals surface area (Å²) in [5, 5.41) is 0.698. The molecule has 1 amide bonds. The van der Waals surface area contributed by atoms with E-state index in [1.807, 2.05) is 55.6 Å². The molecule has 0 unspecified atom stereocenters. The molecule has 4 nitrogen and oxygen atoms in total. The van der Waals surface area contributed by atoms with Gasteiger partial charge in [0.2, 0.25) is 0 Å². The van der Waals surface area contributed by atoms with E-state index in [2.05, 4.69) is 4.90 Å². The van der Waals surface area contributed by atoms with E-state index in [9.17, 15) is 4.79 Å². The molecule has 2 aromatic rings. The molecule has 2 aromatic carbocycles. The van der Waals surface area contributed by atoms with E-state index in [0.717, 1.165) is 31.7 Å². The first-order valence-corrected chi connectivity index (χ1v) is 9.45. The van der Waals surface area contributed by atoms with Gasteiger partial charge in [-0.3, -0.25) is 4.79 Å². The van der Waals surface area contributed by atoms with Crippen molar-refractivity contribution in [1.82, 2.24) is 9.80 Å². The monoisotopic (exact) mass is 372 g/mol. The second-order valence-electron chi connectivity index (χ2n) is 6.69. The van der Waals surface area contributed by atoms with Crippen molar-refractivity contribution in [2.45, 2.75) is 19.4 Å². The third-order valence-corrected chi connectivity index (χ3v) is 4.97. The van der Waals surface area contributed by atoms with Gasteiger partial charge in [-0.15, -0.1) is 0 Å². The summed E-state index contributed by atoms with van der Waals surface area (Å²) in [6.45, 7) is 4.34. The first-order chi connectivity index (χ1) is 12.6. The van der Waals surface area contributed by atoms with E-state index in [-0.39, 0.29) is 5.91 Å². The lowest BCUT2D eigenvalue weighted by Crippen LogP contribution is -2.35. The highest BCUT2D eigenvalue weighted by atomic mass is 35.5. The number of nitrogens with zero attached hydrogens (tertiary/aromatic N) is 2. The fourth-order valence-corrected chi connectivity index (χ4v) is 3.24. The third-order valence-electron chi connectivity index (χ3n) is 4.72. The van der Waals surface area contributed by atoms with Gasteiger partial charge in [-0.2, -0.15) is 0 Å². The van der Waals surface area contributed by atoms with Gasteiger partial charge in [-0.05, 0) is 55.8 Å². The number of ether oxygens (including phenoxy) is 1. The van der Waals surface area contributed by atoms with Gasteiger partial charge in [0.05, 0.1) is 5.56 Å². The molecule has 0 N–H and O–H groups in total. The Morgan fingerprint density at radius 3 is 2.54 bits per heavy atom. The summed E-state index contributed by atoms with van der Waals surface area (Å²) < 4.78 is 5.91. The van der Waals surface area contributed by atoms with Gasteiger partial charge in [0.15, 0.2) is 0 Å². The molecule has 0 aliphatic carbocycles. The Labute approximate surface area is 160 Å². The highest BCUT2D eigenvalue weighted by Crippen LogP contribution is 2.21. The molecule has 138 valence electrons. The summed E-state index contributed by atoms with van der Waals surface area (Å²) in [6.07, 6.45) is 2.53. The van der Waals surface area contributed by atoms with Crippen LogP contribution in [0.15, 0.2) is 48.5 Å². The lowest BCUT2D eigenvalue weighted by Gasteiger charge is -2.22. The van der Waals surface area contributed by atoms with Gasteiger partial charge in [0.1, 0.15) is 12.4 Å². The van der Waals surface area contributed by atoms with Crippen molar-refractivity contribution in [3.63, 3.8) is 0 Å². The topological polar surface area (TPSA) is 32.8 Å². The van der Waals surface area contributed by atoms with Gasteiger partial charge < -0.3 is 14.5 Å². The molecule has 0 spiro atoms. The SMILES string of the molecule is CN(CCN1CCCC1)C(=O)c1ccccc1OCc1ccc(Cl)cc1. The van der Waals surface area contributed by atoms with Crippen LogP contribution in [0.5, 0.6) is 5.75 Å². The Bertz CT molecular complexity index is 727. The van der Waals surface area contributed by atoms with Crippen molar-refractivity contribution < 1.29 is 9.53 Å². The van der Waals surface area contributed by atoms with Gasteiger partial charge in [0, 0.05) is 25.2 Å². The summed E-state index contributed by atoms with van der Waals surface area (Å²) in [4.78, 5) is 17.0. The van der Waals surface area contributed by atoms with E-state index in [1.54, 1.807) is 4.90 Å². The standard InChI is InChI=1S/C21H25ClN2O2/c1-23(14-15-24-12-4-5-13-24)21(25)19-6-2-3-7-20(19)26-16-17-8-10-18(22)11-9-17/h2-3,6-11H,4-5,12-16H2,1H3. The van der Waals surface area contributed by atoms with Crippen LogP contribution in [0.2, 0.25) is 5.02 Å². The molecular weight excluding hydrogens is 348 g/mol. The summed E-state index contributed by atoms with van der Waals surface area (Å²) in [6, 6.07) is 15.0. The van der Waals surface area contributed by atoms with Crippen molar-refractivity contribution >= 4 is 17.5 Å². The number of hydrogen-bond donors (Lipinski definition) is 0. The Hall–Kier alpha value is -2.04. The van der Waals surface area contributed by atoms with E-state index in [0.29, 0.717) is 22.9 Å². The molecule has 0 atom stereocenters. The average Bonchev–Trinajstić information content (AvgIpc) is 3.19. The van der Waals surface area contributed by atoms with Crippen LogP contribution in [-0.2, 0) is 6.61 Å². The third kappa shape index (κ3) is 4.99. The lowest BCUT2D eigenvalue weighted by atomic mass is 10.1. The molecule has 1 saturated heterocycles. The van der Waals surface area contributed by atoms with E-state index >= 15 is 0 Å². The van der Waals surface area contributed by atoms with Crippen molar-refractivity contribution in [3.8, 4) is 5.75 Å². The number of benzene rings is 2. The van der Waals surface area contributed by atoms with Crippen molar-refractivity contribution in [1.29, 1.82) is 0 Å². The van der Waals surface area contributed by atoms with E-state index < -0.39 is 0 Å². The molecule has 1 heterocycles. The highest BCUT2D eigenvalue weighted by Gasteiger charge is 2.18. The van der Waals surface area contributed by atoms with Crippen molar-refractivity contribution in [2.24, 2.45) is 0 Å². The predicted molar refractivity (Wildman–Crippen MR) is 105 cm³/mol. The average molecular weight is 373 g/mol. The molecule has 0 bridgehead atoms. The first-order valence-electron chi connectivity index (χ1n) is 9.07. The number of carbonyl (C=O) groups excluding carboxylic acids is 1. The number of carbonyl (C=O) groups is 1. The zero-order chi connectivity index (χ0) is 18.4. The molecule has 26 heavy (non-hydrogen) atoms. The number of amides is 1. The molecule has 0 saturated carbocycles. The van der Waals surface area contributed by atoms with Gasteiger partial charge >= 0.3 is 0 Å². The Balaban J connectivity index is 1.61. The van der Waals surface area contributed by atoms with Gasteiger partial charge in [0.25, 0.3) is 5.91 Å². The number of likely N-dealkylation sites (N-methyl/N-ethyl adjacent to an activating group) is 1. The van der Waals surface area contributed by atoms with Crippen LogP contribution in [0.1, 0.15) is 28.8 Å². The number of para-hydroxylation sites is 1. The van der Waals surface area contributed by atoms with Gasteiger partial charge in [-0.1, -0.05) is 35.9 Å². The Morgan fingerprint density at radius 1 is 1.12 bits per heavy atom. The highest BCUT2D eigenvalue weighted by molar-refractivity contribution is 6.30. The molecule has 0 radical (unpaired) electrons. The van der Waals surface area contributed by atoms with E-state index in [1.165, 1.54) is 12.8 Å². The van der Waals surface area contributed by atoms with Crippen LogP contribution in [0.3, 0.4) is 0 Å². The predicted octanol–water partition coefficient (Wildman–Crippen LogP) is 4.09. The minimum atomic E-state index is -0.00379. The number of likely N-dealkylation sites (tertiary alicyclic amines) is 1. The smallest absolute Gasteiger partial charge is 0.257 e. The van der Waals surface area contributed by atoms with Crippen LogP contribution in [0.4, 0.5) is 0 Å². The lowest BCUT2D eigenvalue weighted by molar-refractivity contribution is 0.0777. The molecule has 1 fully saturated rings. The second kappa shape index (κ2) is 9.06. The summed E-state index contributed by atoms with van der Waals surface area (Å²) in [7, 11) is 1.86. The molecule has 3 rings (SSSR count). The van der Waals surface area contributed by atoms with Crippen LogP contribution < -0.4 is 4.74 Å². The number of halogens is 1. The Morgan fingerprint density at radius 2 is 1.81 bits per heavy atom. The number of rotatable bonds is 7. The second-order valence-corrected chi connectivity index (χ2v) is 7.12. The maximum Gasteiger partial charge on any atom is 0.257 e.